The first kappa shape index (κ1) is 7.50. The van der Waals surface area contributed by atoms with Gasteiger partial charge in [0.25, 0.3) is 0 Å². The van der Waals surface area contributed by atoms with E-state index < -0.39 is 0 Å². The van der Waals surface area contributed by atoms with Gasteiger partial charge in [-0.15, -0.1) is 11.8 Å². The summed E-state index contributed by atoms with van der Waals surface area (Å²) in [6, 6.07) is 0. The molecule has 0 aromatic rings. The average molecular weight is 170 g/mol. The molecule has 0 aromatic carbocycles. The lowest BCUT2D eigenvalue weighted by Gasteiger charge is -2.22. The van der Waals surface area contributed by atoms with Gasteiger partial charge in [-0.25, -0.2) is 0 Å². The quantitative estimate of drug-likeness (QED) is 0.588. The summed E-state index contributed by atoms with van der Waals surface area (Å²) in [5.41, 5.74) is 1.57. The van der Waals surface area contributed by atoms with Crippen molar-refractivity contribution in [3.63, 3.8) is 0 Å². The molecule has 3 heteroatoms. The second kappa shape index (κ2) is 2.72. The molecule has 0 fully saturated rings. The Morgan fingerprint density at radius 1 is 1.64 bits per heavy atom. The molecule has 0 amide bonds. The second-order valence-corrected chi connectivity index (χ2v) is 4.54. The third-order valence-electron chi connectivity index (χ3n) is 2.43. The third kappa shape index (κ3) is 1.16. The maximum Gasteiger partial charge on any atom is 0.0760 e. The summed E-state index contributed by atoms with van der Waals surface area (Å²) < 4.78 is 0. The van der Waals surface area contributed by atoms with E-state index in [1.165, 1.54) is 6.42 Å². The highest BCUT2D eigenvalue weighted by Gasteiger charge is 2.27. The van der Waals surface area contributed by atoms with E-state index in [1.54, 1.807) is 10.6 Å². The van der Waals surface area contributed by atoms with Gasteiger partial charge in [-0.1, -0.05) is 0 Å². The van der Waals surface area contributed by atoms with Crippen molar-refractivity contribution in [1.29, 1.82) is 0 Å². The first-order valence-electron chi connectivity index (χ1n) is 4.11. The van der Waals surface area contributed by atoms with Crippen molar-refractivity contribution in [2.45, 2.75) is 18.7 Å². The highest BCUT2D eigenvalue weighted by molar-refractivity contribution is 8.03. The maximum atomic E-state index is 3.39. The van der Waals surface area contributed by atoms with Crippen LogP contribution in [0.1, 0.15) is 13.3 Å². The summed E-state index contributed by atoms with van der Waals surface area (Å²) in [5.74, 6) is 0. The molecule has 0 aliphatic carbocycles. The van der Waals surface area contributed by atoms with Gasteiger partial charge in [-0.3, -0.25) is 0 Å². The first-order valence-corrected chi connectivity index (χ1v) is 4.99. The van der Waals surface area contributed by atoms with Crippen LogP contribution in [0.15, 0.2) is 10.6 Å². The van der Waals surface area contributed by atoms with Crippen molar-refractivity contribution < 1.29 is 0 Å². The Hall–Kier alpha value is -0.150. The van der Waals surface area contributed by atoms with Crippen molar-refractivity contribution >= 4 is 11.8 Å². The zero-order chi connectivity index (χ0) is 7.84. The standard InChI is InChI=1S/C8H14N2S/c1-6-10(2)7-3-4-9-5-8(7)11-6/h6,9H,3-5H2,1-2H3. The fraction of sp³-hybridized carbons (Fsp3) is 0.750. The Labute approximate surface area is 72.0 Å². The zero-order valence-electron chi connectivity index (χ0n) is 7.05. The molecule has 0 saturated carbocycles. The molecule has 2 heterocycles. The lowest BCUT2D eigenvalue weighted by Crippen LogP contribution is -2.27. The zero-order valence-corrected chi connectivity index (χ0v) is 7.87. The molecule has 1 atom stereocenters. The van der Waals surface area contributed by atoms with Crippen LogP contribution in [0.4, 0.5) is 0 Å². The normalized spacial score (nSPS) is 31.1. The fourth-order valence-corrected chi connectivity index (χ4v) is 2.90. The molecule has 0 bridgehead atoms. The van der Waals surface area contributed by atoms with Gasteiger partial charge in [0.05, 0.1) is 5.37 Å². The molecular formula is C8H14N2S. The van der Waals surface area contributed by atoms with E-state index in [9.17, 15) is 0 Å². The van der Waals surface area contributed by atoms with Crippen LogP contribution in [-0.4, -0.2) is 30.4 Å². The molecule has 11 heavy (non-hydrogen) atoms. The summed E-state index contributed by atoms with van der Waals surface area (Å²) >= 11 is 2.00. The molecule has 0 radical (unpaired) electrons. The van der Waals surface area contributed by atoms with E-state index in [1.807, 2.05) is 11.8 Å². The Bertz CT molecular complexity index is 200. The Kier molecular flexibility index (Phi) is 1.85. The van der Waals surface area contributed by atoms with Gasteiger partial charge in [0, 0.05) is 37.2 Å². The molecule has 0 saturated heterocycles. The molecule has 2 nitrogen and oxygen atoms in total. The molecule has 1 unspecified atom stereocenters. The van der Waals surface area contributed by atoms with Gasteiger partial charge < -0.3 is 10.2 Å². The summed E-state index contributed by atoms with van der Waals surface area (Å²) in [4.78, 5) is 3.96. The van der Waals surface area contributed by atoms with Crippen LogP contribution >= 0.6 is 11.8 Å². The van der Waals surface area contributed by atoms with Crippen LogP contribution in [0.5, 0.6) is 0 Å². The topological polar surface area (TPSA) is 15.3 Å². The van der Waals surface area contributed by atoms with Crippen LogP contribution in [0.3, 0.4) is 0 Å². The van der Waals surface area contributed by atoms with E-state index in [4.69, 9.17) is 0 Å². The van der Waals surface area contributed by atoms with Crippen molar-refractivity contribution in [2.75, 3.05) is 20.1 Å². The molecule has 2 rings (SSSR count). The van der Waals surface area contributed by atoms with Crippen LogP contribution in [0, 0.1) is 0 Å². The van der Waals surface area contributed by atoms with Crippen LogP contribution in [0.25, 0.3) is 0 Å². The maximum absolute atomic E-state index is 3.39. The molecule has 0 aromatic heterocycles. The van der Waals surface area contributed by atoms with Crippen molar-refractivity contribution in [3.8, 4) is 0 Å². The lowest BCUT2D eigenvalue weighted by atomic mass is 10.2. The largest absolute Gasteiger partial charge is 0.365 e. The summed E-state index contributed by atoms with van der Waals surface area (Å²) in [5, 5.41) is 4.04. The number of rotatable bonds is 0. The van der Waals surface area contributed by atoms with Gasteiger partial charge in [-0.05, 0) is 6.92 Å². The van der Waals surface area contributed by atoms with Crippen LogP contribution < -0.4 is 5.32 Å². The fourth-order valence-electron chi connectivity index (χ4n) is 1.64. The van der Waals surface area contributed by atoms with E-state index in [-0.39, 0.29) is 0 Å². The first-order chi connectivity index (χ1) is 5.29. The number of thioether (sulfide) groups is 1. The van der Waals surface area contributed by atoms with Crippen LogP contribution in [-0.2, 0) is 0 Å². The number of hydrogen-bond acceptors (Lipinski definition) is 3. The van der Waals surface area contributed by atoms with Crippen molar-refractivity contribution in [1.82, 2.24) is 10.2 Å². The third-order valence-corrected chi connectivity index (χ3v) is 3.75. The van der Waals surface area contributed by atoms with E-state index in [2.05, 4.69) is 24.2 Å². The second-order valence-electron chi connectivity index (χ2n) is 3.12. The van der Waals surface area contributed by atoms with E-state index >= 15 is 0 Å². The van der Waals surface area contributed by atoms with Crippen molar-refractivity contribution in [2.24, 2.45) is 0 Å². The Morgan fingerprint density at radius 2 is 2.45 bits per heavy atom. The molecule has 1 N–H and O–H groups in total. The average Bonchev–Trinajstić information content (AvgIpc) is 2.30. The predicted octanol–water partition coefficient (Wildman–Crippen LogP) is 1.22. The Morgan fingerprint density at radius 3 is 3.18 bits per heavy atom. The van der Waals surface area contributed by atoms with Gasteiger partial charge in [-0.2, -0.15) is 0 Å². The minimum atomic E-state index is 0.653. The Balaban J connectivity index is 2.20. The highest BCUT2D eigenvalue weighted by atomic mass is 32.2. The van der Waals surface area contributed by atoms with Crippen LogP contribution in [0.2, 0.25) is 0 Å². The monoisotopic (exact) mass is 170 g/mol. The smallest absolute Gasteiger partial charge is 0.0760 e. The van der Waals surface area contributed by atoms with Crippen molar-refractivity contribution in [3.05, 3.63) is 10.6 Å². The minimum absolute atomic E-state index is 0.653. The number of nitrogens with zero attached hydrogens (tertiary/aromatic N) is 1. The number of nitrogens with one attached hydrogen (secondary N) is 1. The van der Waals surface area contributed by atoms with Gasteiger partial charge >= 0.3 is 0 Å². The van der Waals surface area contributed by atoms with Gasteiger partial charge in [0.15, 0.2) is 0 Å². The number of hydrogen-bond donors (Lipinski definition) is 1. The summed E-state index contributed by atoms with van der Waals surface area (Å²) in [7, 11) is 2.20. The molecule has 62 valence electrons. The summed E-state index contributed by atoms with van der Waals surface area (Å²) in [6.45, 7) is 4.51. The molecular weight excluding hydrogens is 156 g/mol. The van der Waals surface area contributed by atoms with Gasteiger partial charge in [0.1, 0.15) is 0 Å². The SMILES string of the molecule is CC1SC2=C(CCNC2)N1C. The lowest BCUT2D eigenvalue weighted by molar-refractivity contribution is 0.395. The van der Waals surface area contributed by atoms with E-state index in [0.717, 1.165) is 13.1 Å². The molecule has 0 spiro atoms. The molecule has 2 aliphatic heterocycles. The van der Waals surface area contributed by atoms with E-state index in [0.29, 0.717) is 5.37 Å². The highest BCUT2D eigenvalue weighted by Crippen LogP contribution is 2.38. The minimum Gasteiger partial charge on any atom is -0.365 e. The van der Waals surface area contributed by atoms with Gasteiger partial charge in [0.2, 0.25) is 0 Å². The summed E-state index contributed by atoms with van der Waals surface area (Å²) in [6.07, 6.45) is 1.21. The predicted molar refractivity (Wildman–Crippen MR) is 49.3 cm³/mol. The molecule has 2 aliphatic rings.